The Kier molecular flexibility index (Phi) is 3.75. The molecule has 0 radical (unpaired) electrons. The van der Waals surface area contributed by atoms with Gasteiger partial charge in [-0.1, -0.05) is 0 Å². The monoisotopic (exact) mass is 259 g/mol. The molecule has 0 spiro atoms. The number of nitrogens with two attached hydrogens (primary N) is 1. The van der Waals surface area contributed by atoms with E-state index in [0.717, 1.165) is 24.3 Å². The number of carboxylic acids is 1. The molecule has 0 amide bonds. The zero-order chi connectivity index (χ0) is 13.8. The molecule has 2 aromatic rings. The lowest BCUT2D eigenvalue weighted by atomic mass is 10.1. The number of nitrogens with one attached hydrogen (secondary N) is 1. The second-order valence-corrected chi connectivity index (χ2v) is 4.45. The number of nitrogen functional groups attached to an aromatic ring is 1. The van der Waals surface area contributed by atoms with E-state index >= 15 is 0 Å². The van der Waals surface area contributed by atoms with Crippen molar-refractivity contribution in [3.8, 4) is 0 Å². The molecular formula is C14H17N3O2. The van der Waals surface area contributed by atoms with Crippen molar-refractivity contribution >= 4 is 17.3 Å². The van der Waals surface area contributed by atoms with Crippen molar-refractivity contribution in [3.63, 3.8) is 0 Å². The average Bonchev–Trinajstić information content (AvgIpc) is 2.89. The lowest BCUT2D eigenvalue weighted by molar-refractivity contribution is 0.0697. The lowest BCUT2D eigenvalue weighted by Gasteiger charge is -2.21. The number of rotatable bonds is 5. The van der Waals surface area contributed by atoms with Gasteiger partial charge in [-0.25, -0.2) is 4.79 Å². The maximum Gasteiger partial charge on any atom is 0.335 e. The number of hydrogen-bond acceptors (Lipinski definition) is 3. The van der Waals surface area contributed by atoms with Crippen LogP contribution in [-0.4, -0.2) is 29.7 Å². The summed E-state index contributed by atoms with van der Waals surface area (Å²) >= 11 is 0. The Hall–Kier alpha value is -2.43. The van der Waals surface area contributed by atoms with Gasteiger partial charge in [0, 0.05) is 31.9 Å². The minimum atomic E-state index is -0.945. The zero-order valence-electron chi connectivity index (χ0n) is 10.8. The van der Waals surface area contributed by atoms with Gasteiger partial charge in [0.2, 0.25) is 0 Å². The fraction of sp³-hybridized carbons (Fsp3) is 0.214. The summed E-state index contributed by atoms with van der Waals surface area (Å²) in [6, 6.07) is 8.72. The molecule has 100 valence electrons. The Bertz CT molecular complexity index is 564. The van der Waals surface area contributed by atoms with Crippen molar-refractivity contribution in [2.75, 3.05) is 24.2 Å². The van der Waals surface area contributed by atoms with Gasteiger partial charge in [-0.3, -0.25) is 0 Å². The molecule has 1 heterocycles. The summed E-state index contributed by atoms with van der Waals surface area (Å²) in [5.41, 5.74) is 8.61. The van der Waals surface area contributed by atoms with Gasteiger partial charge in [-0.05, 0) is 30.3 Å². The van der Waals surface area contributed by atoms with E-state index in [1.165, 1.54) is 6.07 Å². The van der Waals surface area contributed by atoms with Gasteiger partial charge in [-0.2, -0.15) is 0 Å². The van der Waals surface area contributed by atoms with Gasteiger partial charge in [0.25, 0.3) is 0 Å². The van der Waals surface area contributed by atoms with Crippen LogP contribution in [0.1, 0.15) is 16.1 Å². The molecule has 0 bridgehead atoms. The molecular weight excluding hydrogens is 242 g/mol. The van der Waals surface area contributed by atoms with Crippen LogP contribution in [0.5, 0.6) is 0 Å². The molecule has 0 unspecified atom stereocenters. The molecule has 5 heteroatoms. The molecule has 5 nitrogen and oxygen atoms in total. The van der Waals surface area contributed by atoms with Crippen LogP contribution < -0.4 is 10.6 Å². The van der Waals surface area contributed by atoms with E-state index in [-0.39, 0.29) is 5.56 Å². The predicted octanol–water partition coefficient (Wildman–Crippen LogP) is 1.97. The highest BCUT2D eigenvalue weighted by atomic mass is 16.4. The molecule has 0 atom stereocenters. The molecule has 1 aromatic heterocycles. The van der Waals surface area contributed by atoms with Crippen LogP contribution in [0.25, 0.3) is 0 Å². The number of hydrogen-bond donors (Lipinski definition) is 3. The van der Waals surface area contributed by atoms with E-state index in [0.29, 0.717) is 5.69 Å². The minimum absolute atomic E-state index is 0.246. The van der Waals surface area contributed by atoms with Crippen molar-refractivity contribution in [1.82, 2.24) is 4.98 Å². The van der Waals surface area contributed by atoms with Crippen molar-refractivity contribution in [3.05, 3.63) is 47.8 Å². The van der Waals surface area contributed by atoms with Gasteiger partial charge in [0.05, 0.1) is 16.9 Å². The van der Waals surface area contributed by atoms with Crippen LogP contribution in [-0.2, 0) is 6.42 Å². The summed E-state index contributed by atoms with van der Waals surface area (Å²) in [6.45, 7) is 0.758. The Morgan fingerprint density at radius 3 is 2.84 bits per heavy atom. The Morgan fingerprint density at radius 2 is 2.21 bits per heavy atom. The minimum Gasteiger partial charge on any atom is -0.478 e. The number of nitrogens with zero attached hydrogens (tertiary/aromatic N) is 1. The van der Waals surface area contributed by atoms with E-state index in [1.54, 1.807) is 12.1 Å². The first-order chi connectivity index (χ1) is 9.08. The Labute approximate surface area is 111 Å². The highest BCUT2D eigenvalue weighted by Gasteiger charge is 2.10. The third-order valence-corrected chi connectivity index (χ3v) is 3.07. The number of benzene rings is 1. The SMILES string of the molecule is CN(CCc1ccc[nH]1)c1cc(C(=O)O)ccc1N. The molecule has 4 N–H and O–H groups in total. The van der Waals surface area contributed by atoms with Crippen LogP contribution in [0.2, 0.25) is 0 Å². The molecule has 0 saturated heterocycles. The number of carbonyl (C=O) groups is 1. The third-order valence-electron chi connectivity index (χ3n) is 3.07. The maximum atomic E-state index is 11.0. The predicted molar refractivity (Wildman–Crippen MR) is 75.6 cm³/mol. The fourth-order valence-corrected chi connectivity index (χ4v) is 1.94. The number of carboxylic acid groups (broad SMARTS) is 1. The quantitative estimate of drug-likeness (QED) is 0.717. The highest BCUT2D eigenvalue weighted by molar-refractivity contribution is 5.90. The summed E-state index contributed by atoms with van der Waals surface area (Å²) in [5, 5.41) is 9.00. The number of H-pyrrole nitrogens is 1. The van der Waals surface area contributed by atoms with Gasteiger partial charge in [-0.15, -0.1) is 0 Å². The number of likely N-dealkylation sites (N-methyl/N-ethyl adjacent to an activating group) is 1. The van der Waals surface area contributed by atoms with E-state index in [9.17, 15) is 4.79 Å². The number of aromatic amines is 1. The van der Waals surface area contributed by atoms with Gasteiger partial charge in [0.15, 0.2) is 0 Å². The van der Waals surface area contributed by atoms with Crippen LogP contribution in [0.15, 0.2) is 36.5 Å². The van der Waals surface area contributed by atoms with E-state index in [2.05, 4.69) is 4.98 Å². The summed E-state index contributed by atoms with van der Waals surface area (Å²) in [5.74, 6) is -0.945. The molecule has 0 aliphatic rings. The van der Waals surface area contributed by atoms with Crippen LogP contribution in [0.4, 0.5) is 11.4 Å². The van der Waals surface area contributed by atoms with E-state index in [1.807, 2.05) is 30.3 Å². The van der Waals surface area contributed by atoms with Crippen molar-refractivity contribution < 1.29 is 9.90 Å². The number of aromatic nitrogens is 1. The van der Waals surface area contributed by atoms with Crippen molar-refractivity contribution in [1.29, 1.82) is 0 Å². The van der Waals surface area contributed by atoms with Crippen LogP contribution in [0, 0.1) is 0 Å². The first-order valence-corrected chi connectivity index (χ1v) is 6.04. The first kappa shape index (κ1) is 13.0. The molecule has 19 heavy (non-hydrogen) atoms. The highest BCUT2D eigenvalue weighted by Crippen LogP contribution is 2.23. The molecule has 0 saturated carbocycles. The normalized spacial score (nSPS) is 10.4. The summed E-state index contributed by atoms with van der Waals surface area (Å²) in [7, 11) is 1.90. The standard InChI is InChI=1S/C14H17N3O2/c1-17(8-6-11-3-2-7-16-11)13-9-10(14(18)19)4-5-12(13)15/h2-5,7,9,16H,6,8,15H2,1H3,(H,18,19). The molecule has 0 aliphatic heterocycles. The van der Waals surface area contributed by atoms with Crippen LogP contribution >= 0.6 is 0 Å². The Balaban J connectivity index is 2.11. The fourth-order valence-electron chi connectivity index (χ4n) is 1.94. The average molecular weight is 259 g/mol. The topological polar surface area (TPSA) is 82.3 Å². The van der Waals surface area contributed by atoms with Crippen LogP contribution in [0.3, 0.4) is 0 Å². The maximum absolute atomic E-state index is 11.0. The summed E-state index contributed by atoms with van der Waals surface area (Å²) in [4.78, 5) is 16.1. The molecule has 0 aliphatic carbocycles. The van der Waals surface area contributed by atoms with E-state index < -0.39 is 5.97 Å². The van der Waals surface area contributed by atoms with Gasteiger partial charge in [0.1, 0.15) is 0 Å². The second kappa shape index (κ2) is 5.48. The molecule has 1 aromatic carbocycles. The molecule has 2 rings (SSSR count). The van der Waals surface area contributed by atoms with Gasteiger partial charge < -0.3 is 20.7 Å². The van der Waals surface area contributed by atoms with Gasteiger partial charge >= 0.3 is 5.97 Å². The smallest absolute Gasteiger partial charge is 0.335 e. The van der Waals surface area contributed by atoms with E-state index in [4.69, 9.17) is 10.8 Å². The third kappa shape index (κ3) is 3.07. The largest absolute Gasteiger partial charge is 0.478 e. The second-order valence-electron chi connectivity index (χ2n) is 4.45. The number of aromatic carboxylic acids is 1. The Morgan fingerprint density at radius 1 is 1.42 bits per heavy atom. The number of anilines is 2. The lowest BCUT2D eigenvalue weighted by Crippen LogP contribution is -2.22. The zero-order valence-corrected chi connectivity index (χ0v) is 10.8. The van der Waals surface area contributed by atoms with Crippen molar-refractivity contribution in [2.24, 2.45) is 0 Å². The molecule has 0 fully saturated rings. The van der Waals surface area contributed by atoms with Crippen molar-refractivity contribution in [2.45, 2.75) is 6.42 Å². The summed E-state index contributed by atoms with van der Waals surface area (Å²) in [6.07, 6.45) is 2.73. The summed E-state index contributed by atoms with van der Waals surface area (Å²) < 4.78 is 0. The first-order valence-electron chi connectivity index (χ1n) is 6.04.